The molecule has 8 nitrogen and oxygen atoms in total. The number of benzene rings is 2. The molecular formula is C24H28BrN8P. The van der Waals surface area contributed by atoms with E-state index in [4.69, 9.17) is 4.98 Å². The maximum atomic E-state index is 4.72. The van der Waals surface area contributed by atoms with E-state index in [-0.39, 0.29) is 7.92 Å². The second-order valence-electron chi connectivity index (χ2n) is 8.65. The number of halogens is 1. The Balaban J connectivity index is 1.36. The molecular weight excluding hydrogens is 511 g/mol. The number of fused-ring (bicyclic) bond motifs is 1. The maximum Gasteiger partial charge on any atom is 0.229 e. The van der Waals surface area contributed by atoms with E-state index in [2.05, 4.69) is 102 Å². The normalized spacial score (nSPS) is 14.7. The third-order valence-corrected chi connectivity index (χ3v) is 7.92. The van der Waals surface area contributed by atoms with Crippen LogP contribution in [0.15, 0.2) is 53.1 Å². The van der Waals surface area contributed by atoms with Gasteiger partial charge in [0.2, 0.25) is 5.95 Å². The van der Waals surface area contributed by atoms with Crippen molar-refractivity contribution in [2.75, 3.05) is 62.1 Å². The number of nitrogens with zero attached hydrogens (tertiary/aromatic N) is 5. The fourth-order valence-electron chi connectivity index (χ4n) is 4.08. The van der Waals surface area contributed by atoms with Gasteiger partial charge in [-0.25, -0.2) is 4.98 Å². The summed E-state index contributed by atoms with van der Waals surface area (Å²) in [6.45, 7) is 8.57. The monoisotopic (exact) mass is 538 g/mol. The lowest BCUT2D eigenvalue weighted by molar-refractivity contribution is 0.312. The number of hydrogen-bond acceptors (Lipinski definition) is 7. The van der Waals surface area contributed by atoms with Gasteiger partial charge in [0.05, 0.1) is 9.99 Å². The highest BCUT2D eigenvalue weighted by atomic mass is 79.9. The average Bonchev–Trinajstić information content (AvgIpc) is 3.25. The van der Waals surface area contributed by atoms with Crippen LogP contribution in [0.3, 0.4) is 0 Å². The van der Waals surface area contributed by atoms with Crippen LogP contribution in [0.25, 0.3) is 10.9 Å². The number of likely N-dealkylation sites (N-methyl/N-ethyl adjacent to an activating group) is 1. The van der Waals surface area contributed by atoms with Gasteiger partial charge in [-0.1, -0.05) is 26.1 Å². The fourth-order valence-corrected chi connectivity index (χ4v) is 5.37. The van der Waals surface area contributed by atoms with E-state index >= 15 is 0 Å². The number of nitrogens with one attached hydrogen (secondary N) is 3. The highest BCUT2D eigenvalue weighted by Crippen LogP contribution is 2.32. The second kappa shape index (κ2) is 9.86. The summed E-state index contributed by atoms with van der Waals surface area (Å²) in [5, 5.41) is 17.0. The number of anilines is 5. The minimum Gasteiger partial charge on any atom is -0.352 e. The Labute approximate surface area is 209 Å². The lowest BCUT2D eigenvalue weighted by Crippen LogP contribution is -2.44. The number of rotatable bonds is 6. The molecule has 3 N–H and O–H groups in total. The van der Waals surface area contributed by atoms with Crippen molar-refractivity contribution in [2.24, 2.45) is 0 Å². The smallest absolute Gasteiger partial charge is 0.229 e. The van der Waals surface area contributed by atoms with Gasteiger partial charge in [-0.3, -0.25) is 5.10 Å². The molecule has 1 fully saturated rings. The van der Waals surface area contributed by atoms with Crippen molar-refractivity contribution in [2.45, 2.75) is 0 Å². The summed E-state index contributed by atoms with van der Waals surface area (Å²) in [7, 11) is 1.92. The molecule has 0 saturated carbocycles. The number of aromatic amines is 1. The molecule has 2 aromatic carbocycles. The Bertz CT molecular complexity index is 1300. The SMILES string of the molecule is CN1CCN(c2n[nH]c3cc(Nc4ncc(Br)c(Nc5ccccc5P(C)C)n4)ccc23)CC1. The van der Waals surface area contributed by atoms with Crippen LogP contribution in [-0.2, 0) is 0 Å². The van der Waals surface area contributed by atoms with Gasteiger partial charge in [0.15, 0.2) is 5.82 Å². The van der Waals surface area contributed by atoms with Gasteiger partial charge in [0.1, 0.15) is 5.82 Å². The molecule has 0 aliphatic carbocycles. The number of hydrogen-bond donors (Lipinski definition) is 3. The number of para-hydroxylation sites is 1. The van der Waals surface area contributed by atoms with E-state index in [1.54, 1.807) is 6.20 Å². The predicted molar refractivity (Wildman–Crippen MR) is 147 cm³/mol. The zero-order valence-corrected chi connectivity index (χ0v) is 22.0. The molecule has 0 unspecified atom stereocenters. The minimum atomic E-state index is -0.244. The van der Waals surface area contributed by atoms with Crippen molar-refractivity contribution in [3.8, 4) is 0 Å². The molecule has 0 atom stereocenters. The molecule has 0 spiro atoms. The van der Waals surface area contributed by atoms with Crippen molar-refractivity contribution in [1.82, 2.24) is 25.1 Å². The fraction of sp³-hybridized carbons (Fsp3) is 0.292. The summed E-state index contributed by atoms with van der Waals surface area (Å²) < 4.78 is 0.810. The largest absolute Gasteiger partial charge is 0.352 e. The first-order valence-electron chi connectivity index (χ1n) is 11.2. The maximum absolute atomic E-state index is 4.72. The van der Waals surface area contributed by atoms with E-state index < -0.39 is 0 Å². The van der Waals surface area contributed by atoms with E-state index in [0.29, 0.717) is 5.95 Å². The average molecular weight is 539 g/mol. The molecule has 0 amide bonds. The van der Waals surface area contributed by atoms with Gasteiger partial charge >= 0.3 is 0 Å². The van der Waals surface area contributed by atoms with E-state index in [0.717, 1.165) is 64.6 Å². The standard InChI is InChI=1S/C24H28BrN8P/c1-32-10-12-33(13-11-32)23-17-9-8-16(14-20(17)30-31-23)27-24-26-15-18(25)22(29-24)28-19-6-4-5-7-21(19)34(2)3/h4-9,14-15H,10-13H2,1-3H3,(H,30,31)(H2,26,27,28,29). The Morgan fingerprint density at radius 1 is 1.03 bits per heavy atom. The van der Waals surface area contributed by atoms with Crippen LogP contribution in [0.2, 0.25) is 0 Å². The van der Waals surface area contributed by atoms with Crippen LogP contribution in [0.4, 0.5) is 29.0 Å². The first-order valence-corrected chi connectivity index (χ1v) is 14.3. The van der Waals surface area contributed by atoms with Gasteiger partial charge in [-0.2, -0.15) is 10.1 Å². The molecule has 176 valence electrons. The molecule has 2 aromatic heterocycles. The molecule has 4 aromatic rings. The second-order valence-corrected chi connectivity index (χ2v) is 11.8. The molecule has 0 bridgehead atoms. The van der Waals surface area contributed by atoms with Crippen LogP contribution in [0.5, 0.6) is 0 Å². The summed E-state index contributed by atoms with van der Waals surface area (Å²) >= 11 is 3.58. The quantitative estimate of drug-likeness (QED) is 0.306. The summed E-state index contributed by atoms with van der Waals surface area (Å²) in [4.78, 5) is 13.9. The van der Waals surface area contributed by atoms with E-state index in [9.17, 15) is 0 Å². The first kappa shape index (κ1) is 23.0. The van der Waals surface area contributed by atoms with Crippen molar-refractivity contribution in [3.63, 3.8) is 0 Å². The van der Waals surface area contributed by atoms with Crippen molar-refractivity contribution < 1.29 is 0 Å². The van der Waals surface area contributed by atoms with Gasteiger partial charge < -0.3 is 20.4 Å². The highest BCUT2D eigenvalue weighted by Gasteiger charge is 2.19. The molecule has 5 rings (SSSR count). The molecule has 3 heterocycles. The minimum absolute atomic E-state index is 0.244. The van der Waals surface area contributed by atoms with Crippen LogP contribution in [-0.4, -0.2) is 71.6 Å². The Morgan fingerprint density at radius 3 is 2.62 bits per heavy atom. The summed E-state index contributed by atoms with van der Waals surface area (Å²) in [6, 6.07) is 14.6. The molecule has 10 heteroatoms. The first-order chi connectivity index (χ1) is 16.5. The van der Waals surface area contributed by atoms with E-state index in [1.165, 1.54) is 5.30 Å². The third-order valence-electron chi connectivity index (χ3n) is 5.98. The number of piperazine rings is 1. The van der Waals surface area contributed by atoms with Crippen molar-refractivity contribution in [3.05, 3.63) is 53.1 Å². The third kappa shape index (κ3) is 4.87. The number of H-pyrrole nitrogens is 1. The topological polar surface area (TPSA) is 85.0 Å². The predicted octanol–water partition coefficient (Wildman–Crippen LogP) is 4.72. The number of aromatic nitrogens is 4. The van der Waals surface area contributed by atoms with Crippen LogP contribution >= 0.6 is 23.9 Å². The Morgan fingerprint density at radius 2 is 1.82 bits per heavy atom. The summed E-state index contributed by atoms with van der Waals surface area (Å²) in [6.07, 6.45) is 1.77. The van der Waals surface area contributed by atoms with Crippen molar-refractivity contribution >= 4 is 69.0 Å². The summed E-state index contributed by atoms with van der Waals surface area (Å²) in [5.74, 6) is 2.27. The molecule has 1 saturated heterocycles. The van der Waals surface area contributed by atoms with Gasteiger partial charge in [0.25, 0.3) is 0 Å². The van der Waals surface area contributed by atoms with Gasteiger partial charge in [-0.15, -0.1) is 0 Å². The lowest BCUT2D eigenvalue weighted by atomic mass is 10.2. The Hall–Kier alpha value is -2.74. The van der Waals surface area contributed by atoms with Crippen LogP contribution in [0, 0.1) is 0 Å². The van der Waals surface area contributed by atoms with Crippen LogP contribution in [0.1, 0.15) is 0 Å². The lowest BCUT2D eigenvalue weighted by Gasteiger charge is -2.32. The zero-order chi connectivity index (χ0) is 23.7. The summed E-state index contributed by atoms with van der Waals surface area (Å²) in [5.41, 5.74) is 2.96. The molecule has 1 aliphatic rings. The van der Waals surface area contributed by atoms with Crippen LogP contribution < -0.4 is 20.8 Å². The highest BCUT2D eigenvalue weighted by molar-refractivity contribution is 9.10. The van der Waals surface area contributed by atoms with E-state index in [1.807, 2.05) is 12.1 Å². The molecule has 34 heavy (non-hydrogen) atoms. The molecule has 1 aliphatic heterocycles. The Kier molecular flexibility index (Phi) is 6.68. The van der Waals surface area contributed by atoms with Gasteiger partial charge in [-0.05, 0) is 65.9 Å². The molecule has 0 radical (unpaired) electrons. The van der Waals surface area contributed by atoms with Gasteiger partial charge in [0, 0.05) is 49.1 Å². The van der Waals surface area contributed by atoms with Crippen molar-refractivity contribution in [1.29, 1.82) is 0 Å². The zero-order valence-electron chi connectivity index (χ0n) is 19.5.